The molecular weight excluding hydrogens is 172 g/mol. The highest BCUT2D eigenvalue weighted by Gasteiger charge is 2.12. The molecular formula is C7H10N4S. The molecule has 1 fully saturated rings. The van der Waals surface area contributed by atoms with Gasteiger partial charge >= 0.3 is 0 Å². The molecule has 1 aromatic rings. The van der Waals surface area contributed by atoms with Crippen LogP contribution in [-0.4, -0.2) is 18.1 Å². The average molecular weight is 182 g/mol. The number of nitrogens with one attached hydrogen (secondary N) is 1. The van der Waals surface area contributed by atoms with Crippen molar-refractivity contribution >= 4 is 23.6 Å². The third kappa shape index (κ3) is 1.46. The van der Waals surface area contributed by atoms with Crippen LogP contribution in [0.25, 0.3) is 0 Å². The number of hydrogen-bond acceptors (Lipinski definition) is 5. The van der Waals surface area contributed by atoms with Crippen molar-refractivity contribution < 1.29 is 0 Å². The zero-order chi connectivity index (χ0) is 8.39. The second-order valence-electron chi connectivity index (χ2n) is 2.53. The van der Waals surface area contributed by atoms with Crippen LogP contribution in [0.2, 0.25) is 0 Å². The number of nitrogens with two attached hydrogens (primary N) is 1. The molecule has 2 heterocycles. The van der Waals surface area contributed by atoms with Gasteiger partial charge < -0.3 is 10.0 Å². The van der Waals surface area contributed by atoms with Crippen molar-refractivity contribution in [2.75, 3.05) is 23.1 Å². The maximum atomic E-state index is 5.56. The Morgan fingerprint density at radius 3 is 3.25 bits per heavy atom. The monoisotopic (exact) mass is 182 g/mol. The number of nitrogen functional groups attached to an aromatic ring is 1. The highest BCUT2D eigenvalue weighted by Crippen LogP contribution is 2.23. The minimum atomic E-state index is 0.569. The van der Waals surface area contributed by atoms with Crippen LogP contribution in [-0.2, 0) is 0 Å². The minimum Gasteiger partial charge on any atom is -0.384 e. The van der Waals surface area contributed by atoms with Crippen LogP contribution < -0.4 is 14.8 Å². The highest BCUT2D eigenvalue weighted by atomic mass is 32.2. The number of pyridine rings is 1. The smallest absolute Gasteiger partial charge is 0.125 e. The van der Waals surface area contributed by atoms with E-state index in [2.05, 4.69) is 14.0 Å². The standard InChI is InChI=1S/C7H10N4S/c8-7-5-6(1-2-9-7)11-4-3-10-12-11/h1-2,5,10H,3-4H2,(H2,8,9). The van der Waals surface area contributed by atoms with Gasteiger partial charge in [0, 0.05) is 37.5 Å². The molecule has 0 spiro atoms. The van der Waals surface area contributed by atoms with Gasteiger partial charge in [0.2, 0.25) is 0 Å². The van der Waals surface area contributed by atoms with E-state index in [9.17, 15) is 0 Å². The van der Waals surface area contributed by atoms with E-state index >= 15 is 0 Å². The second-order valence-corrected chi connectivity index (χ2v) is 3.44. The number of rotatable bonds is 1. The predicted molar refractivity (Wildman–Crippen MR) is 51.6 cm³/mol. The van der Waals surface area contributed by atoms with Gasteiger partial charge in [0.05, 0.1) is 5.69 Å². The summed E-state index contributed by atoms with van der Waals surface area (Å²) in [5, 5.41) is 0. The van der Waals surface area contributed by atoms with E-state index in [0.717, 1.165) is 18.8 Å². The SMILES string of the molecule is Nc1cc(N2CCNS2)ccn1. The quantitative estimate of drug-likeness (QED) is 0.624. The summed E-state index contributed by atoms with van der Waals surface area (Å²) in [6.07, 6.45) is 1.73. The Labute approximate surface area is 75.4 Å². The molecule has 64 valence electrons. The van der Waals surface area contributed by atoms with Crippen molar-refractivity contribution in [1.29, 1.82) is 0 Å². The predicted octanol–water partition coefficient (Wildman–Crippen LogP) is 0.637. The van der Waals surface area contributed by atoms with Crippen molar-refractivity contribution in [3.63, 3.8) is 0 Å². The van der Waals surface area contributed by atoms with E-state index < -0.39 is 0 Å². The number of aromatic nitrogens is 1. The number of hydrogen-bond donors (Lipinski definition) is 2. The zero-order valence-corrected chi connectivity index (χ0v) is 7.34. The van der Waals surface area contributed by atoms with Gasteiger partial charge in [0.1, 0.15) is 5.82 Å². The molecule has 0 amide bonds. The van der Waals surface area contributed by atoms with Crippen LogP contribution in [0.15, 0.2) is 18.3 Å². The lowest BCUT2D eigenvalue weighted by atomic mass is 10.4. The maximum absolute atomic E-state index is 5.56. The lowest BCUT2D eigenvalue weighted by Crippen LogP contribution is -2.10. The molecule has 1 aliphatic rings. The number of nitrogens with zero attached hydrogens (tertiary/aromatic N) is 2. The van der Waals surface area contributed by atoms with Gasteiger partial charge in [0.15, 0.2) is 0 Å². The first-order chi connectivity index (χ1) is 5.86. The van der Waals surface area contributed by atoms with E-state index in [1.165, 1.54) is 0 Å². The minimum absolute atomic E-state index is 0.569. The third-order valence-corrected chi connectivity index (χ3v) is 2.59. The first-order valence-corrected chi connectivity index (χ1v) is 4.52. The summed E-state index contributed by atoms with van der Waals surface area (Å²) < 4.78 is 5.32. The van der Waals surface area contributed by atoms with Crippen LogP contribution in [0.3, 0.4) is 0 Å². The second kappa shape index (κ2) is 3.20. The summed E-state index contributed by atoms with van der Waals surface area (Å²) >= 11 is 1.60. The summed E-state index contributed by atoms with van der Waals surface area (Å²) in [4.78, 5) is 3.93. The first-order valence-electron chi connectivity index (χ1n) is 3.75. The van der Waals surface area contributed by atoms with Crippen LogP contribution in [0.4, 0.5) is 11.5 Å². The molecule has 0 atom stereocenters. The van der Waals surface area contributed by atoms with Crippen LogP contribution >= 0.6 is 12.1 Å². The average Bonchev–Trinajstić information content (AvgIpc) is 2.56. The molecule has 0 aliphatic carbocycles. The Morgan fingerprint density at radius 1 is 1.67 bits per heavy atom. The molecule has 0 saturated carbocycles. The Morgan fingerprint density at radius 2 is 2.58 bits per heavy atom. The van der Waals surface area contributed by atoms with Gasteiger partial charge in [-0.25, -0.2) is 9.71 Å². The Hall–Kier alpha value is -0.940. The Bertz CT molecular complexity index is 272. The summed E-state index contributed by atoms with van der Waals surface area (Å²) in [7, 11) is 0. The van der Waals surface area contributed by atoms with Crippen molar-refractivity contribution in [2.45, 2.75) is 0 Å². The lowest BCUT2D eigenvalue weighted by Gasteiger charge is -2.13. The molecule has 5 heteroatoms. The third-order valence-electron chi connectivity index (χ3n) is 1.64. The van der Waals surface area contributed by atoms with E-state index in [-0.39, 0.29) is 0 Å². The topological polar surface area (TPSA) is 54.2 Å². The van der Waals surface area contributed by atoms with Gasteiger partial charge in [-0.15, -0.1) is 0 Å². The number of anilines is 2. The molecule has 1 saturated heterocycles. The summed E-state index contributed by atoms with van der Waals surface area (Å²) in [6.45, 7) is 2.01. The molecule has 3 N–H and O–H groups in total. The Balaban J connectivity index is 2.21. The highest BCUT2D eigenvalue weighted by molar-refractivity contribution is 7.99. The summed E-state index contributed by atoms with van der Waals surface area (Å²) in [5.41, 5.74) is 6.67. The molecule has 1 aromatic heterocycles. The van der Waals surface area contributed by atoms with Crippen molar-refractivity contribution in [1.82, 2.24) is 9.71 Å². The van der Waals surface area contributed by atoms with Crippen LogP contribution in [0, 0.1) is 0 Å². The van der Waals surface area contributed by atoms with E-state index in [1.54, 1.807) is 18.3 Å². The lowest BCUT2D eigenvalue weighted by molar-refractivity contribution is 0.978. The van der Waals surface area contributed by atoms with Crippen LogP contribution in [0.1, 0.15) is 0 Å². The Kier molecular flexibility index (Phi) is 2.05. The molecule has 0 bridgehead atoms. The van der Waals surface area contributed by atoms with Gasteiger partial charge in [-0.1, -0.05) is 0 Å². The van der Waals surface area contributed by atoms with Crippen molar-refractivity contribution in [2.24, 2.45) is 0 Å². The molecule has 12 heavy (non-hydrogen) atoms. The van der Waals surface area contributed by atoms with Crippen molar-refractivity contribution in [3.8, 4) is 0 Å². The summed E-state index contributed by atoms with van der Waals surface area (Å²) in [5.74, 6) is 0.569. The fourth-order valence-corrected chi connectivity index (χ4v) is 1.83. The fraction of sp³-hybridized carbons (Fsp3) is 0.286. The van der Waals surface area contributed by atoms with Gasteiger partial charge in [-0.05, 0) is 6.07 Å². The van der Waals surface area contributed by atoms with E-state index in [4.69, 9.17) is 5.73 Å². The van der Waals surface area contributed by atoms with Crippen LogP contribution in [0.5, 0.6) is 0 Å². The van der Waals surface area contributed by atoms with E-state index in [0.29, 0.717) is 5.82 Å². The molecule has 0 radical (unpaired) electrons. The van der Waals surface area contributed by atoms with Gasteiger partial charge in [-0.2, -0.15) is 0 Å². The van der Waals surface area contributed by atoms with Gasteiger partial charge in [-0.3, -0.25) is 0 Å². The van der Waals surface area contributed by atoms with Gasteiger partial charge in [0.25, 0.3) is 0 Å². The maximum Gasteiger partial charge on any atom is 0.125 e. The normalized spacial score (nSPS) is 16.8. The molecule has 0 unspecified atom stereocenters. The van der Waals surface area contributed by atoms with E-state index in [1.807, 2.05) is 12.1 Å². The first kappa shape index (κ1) is 7.70. The molecule has 2 rings (SSSR count). The molecule has 0 aromatic carbocycles. The van der Waals surface area contributed by atoms with Crippen molar-refractivity contribution in [3.05, 3.63) is 18.3 Å². The zero-order valence-electron chi connectivity index (χ0n) is 6.53. The summed E-state index contributed by atoms with van der Waals surface area (Å²) in [6, 6.07) is 3.83. The molecule has 4 nitrogen and oxygen atoms in total. The largest absolute Gasteiger partial charge is 0.384 e. The fourth-order valence-electron chi connectivity index (χ4n) is 1.09. The molecule has 1 aliphatic heterocycles.